The van der Waals surface area contributed by atoms with Crippen LogP contribution in [0.1, 0.15) is 38.8 Å². The molecular weight excluding hydrogens is 384 g/mol. The summed E-state index contributed by atoms with van der Waals surface area (Å²) in [6.07, 6.45) is 7.20. The lowest BCUT2D eigenvalue weighted by atomic mass is 9.98. The molecule has 4 nitrogen and oxygen atoms in total. The Hall–Kier alpha value is -2.59. The Labute approximate surface area is 185 Å². The van der Waals surface area contributed by atoms with Crippen molar-refractivity contribution < 1.29 is 14.0 Å². The van der Waals surface area contributed by atoms with Crippen molar-refractivity contribution in [3.63, 3.8) is 0 Å². The summed E-state index contributed by atoms with van der Waals surface area (Å²) in [4.78, 5) is 2.55. The normalized spacial score (nSPS) is 17.3. The van der Waals surface area contributed by atoms with E-state index in [-0.39, 0.29) is 0 Å². The third-order valence-electron chi connectivity index (χ3n) is 6.95. The molecule has 3 aromatic rings. The van der Waals surface area contributed by atoms with Crippen LogP contribution in [0.25, 0.3) is 21.9 Å². The Bertz CT molecular complexity index is 1070. The zero-order valence-corrected chi connectivity index (χ0v) is 18.9. The van der Waals surface area contributed by atoms with Crippen LogP contribution in [0.4, 0.5) is 0 Å². The minimum atomic E-state index is 0.318. The smallest absolute Gasteiger partial charge is 0.189 e. The average molecular weight is 418 g/mol. The van der Waals surface area contributed by atoms with E-state index in [4.69, 9.17) is 9.47 Å². The Balaban J connectivity index is 1.47. The maximum absolute atomic E-state index is 6.47. The molecule has 1 aromatic heterocycles. The molecule has 2 aromatic carbocycles. The molecule has 0 saturated carbocycles. The lowest BCUT2D eigenvalue weighted by Crippen LogP contribution is -2.41. The lowest BCUT2D eigenvalue weighted by Gasteiger charge is -2.34. The summed E-state index contributed by atoms with van der Waals surface area (Å²) in [5.74, 6) is 1.90. The number of aryl methyl sites for hydroxylation is 2. The van der Waals surface area contributed by atoms with Gasteiger partial charge in [0.15, 0.2) is 11.9 Å². The second-order valence-corrected chi connectivity index (χ2v) is 9.17. The van der Waals surface area contributed by atoms with Gasteiger partial charge in [0, 0.05) is 37.4 Å². The number of hydrogen-bond donors (Lipinski definition) is 0. The molecule has 31 heavy (non-hydrogen) atoms. The second-order valence-electron chi connectivity index (χ2n) is 9.17. The highest BCUT2D eigenvalue weighted by atomic mass is 16.5. The van der Waals surface area contributed by atoms with Crippen molar-refractivity contribution in [1.29, 1.82) is 0 Å². The Morgan fingerprint density at radius 2 is 1.71 bits per heavy atom. The van der Waals surface area contributed by atoms with Gasteiger partial charge >= 0.3 is 0 Å². The molecule has 0 aliphatic carbocycles. The van der Waals surface area contributed by atoms with Crippen molar-refractivity contribution in [3.05, 3.63) is 54.4 Å². The molecule has 4 heteroatoms. The maximum Gasteiger partial charge on any atom is 0.189 e. The first-order valence-corrected chi connectivity index (χ1v) is 11.7. The van der Waals surface area contributed by atoms with Crippen LogP contribution >= 0.6 is 0 Å². The molecule has 0 atom stereocenters. The summed E-state index contributed by atoms with van der Waals surface area (Å²) >= 11 is 0. The number of benzene rings is 2. The SMILES string of the molecule is COc1ccc(-c2c[n+]3c(c4cc(OC5CCN(C(C)C)CC5)ccc24)CCC3)cc1. The van der Waals surface area contributed by atoms with E-state index in [1.807, 2.05) is 12.1 Å². The van der Waals surface area contributed by atoms with Crippen LogP contribution in [-0.2, 0) is 13.0 Å². The van der Waals surface area contributed by atoms with E-state index >= 15 is 0 Å². The van der Waals surface area contributed by atoms with Crippen molar-refractivity contribution in [3.8, 4) is 22.6 Å². The van der Waals surface area contributed by atoms with Crippen molar-refractivity contribution in [2.45, 2.75) is 58.2 Å². The highest BCUT2D eigenvalue weighted by molar-refractivity contribution is 5.97. The lowest BCUT2D eigenvalue weighted by molar-refractivity contribution is -0.688. The summed E-state index contributed by atoms with van der Waals surface area (Å²) in [5.41, 5.74) is 3.94. The molecule has 0 radical (unpaired) electrons. The first kappa shape index (κ1) is 20.3. The van der Waals surface area contributed by atoms with Crippen LogP contribution in [0.3, 0.4) is 0 Å². The predicted molar refractivity (Wildman–Crippen MR) is 125 cm³/mol. The van der Waals surface area contributed by atoms with Crippen LogP contribution < -0.4 is 14.0 Å². The largest absolute Gasteiger partial charge is 0.497 e. The van der Waals surface area contributed by atoms with E-state index in [9.17, 15) is 0 Å². The number of nitrogens with zero attached hydrogens (tertiary/aromatic N) is 2. The highest BCUT2D eigenvalue weighted by Crippen LogP contribution is 2.34. The highest BCUT2D eigenvalue weighted by Gasteiger charge is 2.26. The first-order valence-electron chi connectivity index (χ1n) is 11.7. The zero-order valence-electron chi connectivity index (χ0n) is 18.9. The molecule has 0 bridgehead atoms. The Kier molecular flexibility index (Phi) is 5.58. The number of aromatic nitrogens is 1. The van der Waals surface area contributed by atoms with Gasteiger partial charge in [-0.15, -0.1) is 0 Å². The van der Waals surface area contributed by atoms with Gasteiger partial charge in [-0.2, -0.15) is 0 Å². The number of hydrogen-bond acceptors (Lipinski definition) is 3. The molecular formula is C27H33N2O2+. The number of rotatable bonds is 5. The molecule has 2 aliphatic rings. The molecule has 1 saturated heterocycles. The number of ether oxygens (including phenoxy) is 2. The summed E-state index contributed by atoms with van der Waals surface area (Å²) < 4.78 is 14.3. The van der Waals surface area contributed by atoms with Crippen LogP contribution in [-0.4, -0.2) is 37.2 Å². The van der Waals surface area contributed by atoms with E-state index < -0.39 is 0 Å². The third-order valence-corrected chi connectivity index (χ3v) is 6.95. The average Bonchev–Trinajstić information content (AvgIpc) is 3.28. The molecule has 0 unspecified atom stereocenters. The minimum absolute atomic E-state index is 0.318. The van der Waals surface area contributed by atoms with Gasteiger partial charge in [0.1, 0.15) is 24.1 Å². The topological polar surface area (TPSA) is 25.6 Å². The van der Waals surface area contributed by atoms with Crippen molar-refractivity contribution >= 4 is 10.8 Å². The first-order chi connectivity index (χ1) is 15.1. The van der Waals surface area contributed by atoms with Crippen LogP contribution in [0.5, 0.6) is 11.5 Å². The fourth-order valence-electron chi connectivity index (χ4n) is 5.13. The number of fused-ring (bicyclic) bond motifs is 3. The summed E-state index contributed by atoms with van der Waals surface area (Å²) in [5, 5.41) is 2.64. The predicted octanol–water partition coefficient (Wildman–Crippen LogP) is 5.00. The molecule has 3 heterocycles. The van der Waals surface area contributed by atoms with Crippen LogP contribution in [0.2, 0.25) is 0 Å². The number of piperidine rings is 1. The van der Waals surface area contributed by atoms with Gasteiger partial charge in [-0.3, -0.25) is 0 Å². The molecule has 0 N–H and O–H groups in total. The zero-order chi connectivity index (χ0) is 21.4. The summed E-state index contributed by atoms with van der Waals surface area (Å²) in [7, 11) is 1.71. The molecule has 1 fully saturated rings. The Morgan fingerprint density at radius 1 is 0.968 bits per heavy atom. The Morgan fingerprint density at radius 3 is 2.42 bits per heavy atom. The van der Waals surface area contributed by atoms with Gasteiger partial charge in [0.05, 0.1) is 18.1 Å². The number of likely N-dealkylation sites (tertiary alicyclic amines) is 1. The summed E-state index contributed by atoms with van der Waals surface area (Å²) in [6, 6.07) is 15.7. The summed E-state index contributed by atoms with van der Waals surface area (Å²) in [6.45, 7) is 7.91. The molecule has 162 valence electrons. The monoisotopic (exact) mass is 417 g/mol. The van der Waals surface area contributed by atoms with Crippen molar-refractivity contribution in [1.82, 2.24) is 4.90 Å². The van der Waals surface area contributed by atoms with Gasteiger partial charge in [-0.05, 0) is 62.6 Å². The molecule has 2 aliphatic heterocycles. The quantitative estimate of drug-likeness (QED) is 0.546. The minimum Gasteiger partial charge on any atom is -0.497 e. The standard InChI is InChI=1S/C27H33N2O2/c1-19(2)28-15-12-22(13-16-28)31-23-10-11-24-25(17-23)27-5-4-14-29(27)18-26(24)20-6-8-21(30-3)9-7-20/h6-11,17-19,22H,4-5,12-16H2,1-3H3/q+1. The second kappa shape index (κ2) is 8.51. The van der Waals surface area contributed by atoms with E-state index in [0.717, 1.165) is 50.4 Å². The van der Waals surface area contributed by atoms with E-state index in [1.54, 1.807) is 7.11 Å². The van der Waals surface area contributed by atoms with E-state index in [1.165, 1.54) is 34.0 Å². The fourth-order valence-corrected chi connectivity index (χ4v) is 5.13. The van der Waals surface area contributed by atoms with Gasteiger partial charge in [-0.1, -0.05) is 12.1 Å². The van der Waals surface area contributed by atoms with Gasteiger partial charge in [0.25, 0.3) is 0 Å². The van der Waals surface area contributed by atoms with Crippen molar-refractivity contribution in [2.24, 2.45) is 0 Å². The van der Waals surface area contributed by atoms with E-state index in [2.05, 4.69) is 59.8 Å². The number of pyridine rings is 1. The number of methoxy groups -OCH3 is 1. The van der Waals surface area contributed by atoms with Gasteiger partial charge in [-0.25, -0.2) is 4.57 Å². The van der Waals surface area contributed by atoms with Gasteiger partial charge < -0.3 is 14.4 Å². The molecule has 5 rings (SSSR count). The molecule has 0 spiro atoms. The third kappa shape index (κ3) is 4.01. The van der Waals surface area contributed by atoms with E-state index in [0.29, 0.717) is 12.1 Å². The van der Waals surface area contributed by atoms with Crippen LogP contribution in [0, 0.1) is 0 Å². The molecule has 0 amide bonds. The van der Waals surface area contributed by atoms with Gasteiger partial charge in [0.2, 0.25) is 0 Å². The fraction of sp³-hybridized carbons (Fsp3) is 0.444. The van der Waals surface area contributed by atoms with Crippen LogP contribution in [0.15, 0.2) is 48.7 Å². The maximum atomic E-state index is 6.47. The van der Waals surface area contributed by atoms with Crippen molar-refractivity contribution in [2.75, 3.05) is 20.2 Å².